The zero-order valence-corrected chi connectivity index (χ0v) is 9.10. The van der Waals surface area contributed by atoms with Crippen LogP contribution in [0.2, 0.25) is 0 Å². The molecule has 0 aromatic carbocycles. The molecule has 0 aliphatic carbocycles. The van der Waals surface area contributed by atoms with E-state index in [1.54, 1.807) is 0 Å². The number of carboxylic acids is 1. The van der Waals surface area contributed by atoms with Crippen molar-refractivity contribution in [2.24, 2.45) is 11.5 Å². The van der Waals surface area contributed by atoms with E-state index in [0.717, 1.165) is 0 Å². The largest absolute Gasteiger partial charge is 0.481 e. The van der Waals surface area contributed by atoms with Gasteiger partial charge in [0.1, 0.15) is 6.04 Å². The van der Waals surface area contributed by atoms with Crippen LogP contribution in [0.5, 0.6) is 0 Å². The van der Waals surface area contributed by atoms with Crippen molar-refractivity contribution >= 4 is 17.8 Å². The summed E-state index contributed by atoms with van der Waals surface area (Å²) in [7, 11) is 0. The summed E-state index contributed by atoms with van der Waals surface area (Å²) in [5, 5.41) is 10.7. The molecule has 0 saturated heterocycles. The molecule has 2 amide bonds. The van der Waals surface area contributed by atoms with E-state index in [4.69, 9.17) is 16.6 Å². The minimum Gasteiger partial charge on any atom is -0.481 e. The number of hydrogen-bond donors (Lipinski definition) is 4. The van der Waals surface area contributed by atoms with E-state index in [-0.39, 0.29) is 0 Å². The Balaban J connectivity index is 4.28. The van der Waals surface area contributed by atoms with E-state index in [1.165, 1.54) is 0 Å². The molecule has 2 atom stereocenters. The molecule has 0 rings (SSSR count). The Bertz CT molecular complexity index is 280. The van der Waals surface area contributed by atoms with Gasteiger partial charge in [-0.05, 0) is 6.42 Å². The maximum absolute atomic E-state index is 11.4. The number of nitrogens with two attached hydrogens (primary N) is 2. The number of nitrogens with one attached hydrogen (secondary N) is 1. The summed E-state index contributed by atoms with van der Waals surface area (Å²) < 4.78 is 0. The lowest BCUT2D eigenvalue weighted by Crippen LogP contribution is -2.50. The van der Waals surface area contributed by atoms with Crippen LogP contribution >= 0.6 is 0 Å². The molecule has 0 aromatic rings. The van der Waals surface area contributed by atoms with E-state index in [2.05, 4.69) is 5.32 Å². The quantitative estimate of drug-likeness (QED) is 0.425. The molecule has 0 bridgehead atoms. The van der Waals surface area contributed by atoms with E-state index in [1.807, 2.05) is 6.92 Å². The van der Waals surface area contributed by atoms with Crippen LogP contribution in [0.4, 0.5) is 0 Å². The smallest absolute Gasteiger partial charge is 0.305 e. The van der Waals surface area contributed by atoms with Crippen LogP contribution in [0, 0.1) is 0 Å². The minimum absolute atomic E-state index is 0.404. The highest BCUT2D eigenvalue weighted by molar-refractivity contribution is 5.90. The van der Waals surface area contributed by atoms with Crippen molar-refractivity contribution in [2.45, 2.75) is 38.3 Å². The molecule has 7 nitrogen and oxygen atoms in total. The fourth-order valence-electron chi connectivity index (χ4n) is 1.13. The van der Waals surface area contributed by atoms with Gasteiger partial charge in [0.05, 0.1) is 12.5 Å². The first-order chi connectivity index (χ1) is 7.38. The first-order valence-electron chi connectivity index (χ1n) is 4.95. The van der Waals surface area contributed by atoms with Gasteiger partial charge in [0.2, 0.25) is 11.8 Å². The van der Waals surface area contributed by atoms with Gasteiger partial charge < -0.3 is 21.9 Å². The van der Waals surface area contributed by atoms with Crippen molar-refractivity contribution in [2.75, 3.05) is 0 Å². The van der Waals surface area contributed by atoms with Gasteiger partial charge >= 0.3 is 5.97 Å². The Morgan fingerprint density at radius 1 is 1.38 bits per heavy atom. The monoisotopic (exact) mass is 231 g/mol. The third-order valence-electron chi connectivity index (χ3n) is 1.97. The number of carbonyl (C=O) groups excluding carboxylic acids is 2. The van der Waals surface area contributed by atoms with Crippen molar-refractivity contribution in [1.82, 2.24) is 5.32 Å². The van der Waals surface area contributed by atoms with Gasteiger partial charge in [-0.1, -0.05) is 13.3 Å². The minimum atomic E-state index is -1.17. The standard InChI is InChI=1S/C9H17N3O4/c1-2-3-6(8(11)15)12-9(16)5(10)4-7(13)14/h5-6H,2-4,10H2,1H3,(H2,11,15)(H,12,16)(H,13,14)/t5-,6?/m0/s1. The van der Waals surface area contributed by atoms with Crippen LogP contribution in [-0.2, 0) is 14.4 Å². The molecular formula is C9H17N3O4. The molecule has 0 aliphatic rings. The third-order valence-corrected chi connectivity index (χ3v) is 1.97. The second-order valence-electron chi connectivity index (χ2n) is 3.46. The van der Waals surface area contributed by atoms with E-state index >= 15 is 0 Å². The predicted octanol–water partition coefficient (Wildman–Crippen LogP) is -1.44. The summed E-state index contributed by atoms with van der Waals surface area (Å²) in [5.41, 5.74) is 10.4. The van der Waals surface area contributed by atoms with E-state index in [9.17, 15) is 14.4 Å². The fraction of sp³-hybridized carbons (Fsp3) is 0.667. The van der Waals surface area contributed by atoms with Gasteiger partial charge in [0.15, 0.2) is 0 Å². The Kier molecular flexibility index (Phi) is 6.09. The second kappa shape index (κ2) is 6.78. The lowest BCUT2D eigenvalue weighted by Gasteiger charge is -2.16. The Morgan fingerprint density at radius 2 is 1.94 bits per heavy atom. The maximum Gasteiger partial charge on any atom is 0.305 e. The van der Waals surface area contributed by atoms with Crippen LogP contribution < -0.4 is 16.8 Å². The van der Waals surface area contributed by atoms with Gasteiger partial charge in [0, 0.05) is 0 Å². The normalized spacial score (nSPS) is 13.9. The number of hydrogen-bond acceptors (Lipinski definition) is 4. The molecule has 0 fully saturated rings. The summed E-state index contributed by atoms with van der Waals surface area (Å²) in [4.78, 5) is 32.6. The fourth-order valence-corrected chi connectivity index (χ4v) is 1.13. The first kappa shape index (κ1) is 14.4. The zero-order valence-electron chi connectivity index (χ0n) is 9.10. The highest BCUT2D eigenvalue weighted by atomic mass is 16.4. The molecule has 0 aromatic heterocycles. The molecule has 92 valence electrons. The number of rotatable bonds is 7. The molecular weight excluding hydrogens is 214 g/mol. The average Bonchev–Trinajstić information content (AvgIpc) is 2.15. The van der Waals surface area contributed by atoms with Crippen molar-refractivity contribution in [3.8, 4) is 0 Å². The zero-order chi connectivity index (χ0) is 12.7. The predicted molar refractivity (Wildman–Crippen MR) is 56.3 cm³/mol. The molecule has 16 heavy (non-hydrogen) atoms. The molecule has 7 heteroatoms. The van der Waals surface area contributed by atoms with E-state index in [0.29, 0.717) is 12.8 Å². The second-order valence-corrected chi connectivity index (χ2v) is 3.46. The van der Waals surface area contributed by atoms with Gasteiger partial charge in [-0.25, -0.2) is 0 Å². The van der Waals surface area contributed by atoms with Crippen LogP contribution in [0.1, 0.15) is 26.2 Å². The number of primary amides is 1. The Labute approximate surface area is 93.2 Å². The highest BCUT2D eigenvalue weighted by Crippen LogP contribution is 1.97. The van der Waals surface area contributed by atoms with Gasteiger partial charge in [-0.2, -0.15) is 0 Å². The van der Waals surface area contributed by atoms with Gasteiger partial charge in [-0.3, -0.25) is 14.4 Å². The van der Waals surface area contributed by atoms with Gasteiger partial charge in [-0.15, -0.1) is 0 Å². The first-order valence-corrected chi connectivity index (χ1v) is 4.95. The summed E-state index contributed by atoms with van der Waals surface area (Å²) in [6.07, 6.45) is 0.590. The molecule has 0 saturated carbocycles. The SMILES string of the molecule is CCCC(NC(=O)[C@@H](N)CC(=O)O)C(N)=O. The molecule has 0 radical (unpaired) electrons. The summed E-state index contributed by atoms with van der Waals surface area (Å²) in [6.45, 7) is 1.83. The third kappa shape index (κ3) is 5.30. The molecule has 0 aliphatic heterocycles. The summed E-state index contributed by atoms with van der Waals surface area (Å²) in [6, 6.07) is -1.96. The van der Waals surface area contributed by atoms with Crippen LogP contribution in [-0.4, -0.2) is 35.0 Å². The topological polar surface area (TPSA) is 136 Å². The van der Waals surface area contributed by atoms with Crippen LogP contribution in [0.15, 0.2) is 0 Å². The van der Waals surface area contributed by atoms with Gasteiger partial charge in [0.25, 0.3) is 0 Å². The highest BCUT2D eigenvalue weighted by Gasteiger charge is 2.22. The maximum atomic E-state index is 11.4. The number of carboxylic acid groups (broad SMARTS) is 1. The van der Waals surface area contributed by atoms with E-state index < -0.39 is 36.3 Å². The molecule has 1 unspecified atom stereocenters. The number of amides is 2. The molecule has 6 N–H and O–H groups in total. The Hall–Kier alpha value is -1.63. The summed E-state index contributed by atoms with van der Waals surface area (Å²) >= 11 is 0. The molecule has 0 heterocycles. The lowest BCUT2D eigenvalue weighted by atomic mass is 10.1. The van der Waals surface area contributed by atoms with Crippen molar-refractivity contribution in [3.63, 3.8) is 0 Å². The Morgan fingerprint density at radius 3 is 2.31 bits per heavy atom. The lowest BCUT2D eigenvalue weighted by molar-refractivity contribution is -0.139. The van der Waals surface area contributed by atoms with Crippen LogP contribution in [0.25, 0.3) is 0 Å². The van der Waals surface area contributed by atoms with Crippen molar-refractivity contribution in [3.05, 3.63) is 0 Å². The average molecular weight is 231 g/mol. The molecule has 0 spiro atoms. The number of aliphatic carboxylic acids is 1. The van der Waals surface area contributed by atoms with Crippen molar-refractivity contribution in [1.29, 1.82) is 0 Å². The van der Waals surface area contributed by atoms with Crippen LogP contribution in [0.3, 0.4) is 0 Å². The number of carbonyl (C=O) groups is 3. The van der Waals surface area contributed by atoms with Crippen molar-refractivity contribution < 1.29 is 19.5 Å². The summed E-state index contributed by atoms with van der Waals surface area (Å²) in [5.74, 6) is -2.51.